The predicted octanol–water partition coefficient (Wildman–Crippen LogP) is 4.59. The van der Waals surface area contributed by atoms with Crippen LogP contribution in [0, 0.1) is 0 Å². The van der Waals surface area contributed by atoms with Gasteiger partial charge in [0.05, 0.1) is 12.2 Å². The van der Waals surface area contributed by atoms with Crippen molar-refractivity contribution in [2.45, 2.75) is 20.0 Å². The second-order valence-electron chi connectivity index (χ2n) is 5.31. The van der Waals surface area contributed by atoms with E-state index < -0.39 is 0 Å². The third kappa shape index (κ3) is 4.18. The van der Waals surface area contributed by atoms with E-state index in [0.29, 0.717) is 0 Å². The van der Waals surface area contributed by atoms with Crippen molar-refractivity contribution >= 4 is 22.2 Å². The molecule has 1 aromatic heterocycles. The van der Waals surface area contributed by atoms with Crippen molar-refractivity contribution in [3.05, 3.63) is 77.3 Å². The van der Waals surface area contributed by atoms with Gasteiger partial charge in [-0.25, -0.2) is 4.98 Å². The number of anilines is 2. The molecule has 0 aliphatic heterocycles. The second-order valence-corrected chi connectivity index (χ2v) is 6.15. The van der Waals surface area contributed by atoms with Crippen LogP contribution in [0.5, 0.6) is 0 Å². The molecule has 1 N–H and O–H groups in total. The summed E-state index contributed by atoms with van der Waals surface area (Å²) in [5.74, 6) is 0. The van der Waals surface area contributed by atoms with E-state index >= 15 is 0 Å². The van der Waals surface area contributed by atoms with Crippen LogP contribution in [0.3, 0.4) is 0 Å². The van der Waals surface area contributed by atoms with Crippen molar-refractivity contribution in [2.24, 2.45) is 0 Å². The Morgan fingerprint density at radius 3 is 2.39 bits per heavy atom. The Balaban J connectivity index is 1.87. The summed E-state index contributed by atoms with van der Waals surface area (Å²) >= 11 is 1.70. The van der Waals surface area contributed by atoms with Gasteiger partial charge in [0.15, 0.2) is 5.13 Å². The van der Waals surface area contributed by atoms with Crippen molar-refractivity contribution in [1.29, 1.82) is 0 Å². The van der Waals surface area contributed by atoms with Gasteiger partial charge < -0.3 is 10.2 Å². The summed E-state index contributed by atoms with van der Waals surface area (Å²) in [7, 11) is 0. The standard InChI is InChI=1S/C19H21N3S/c1-2-20-13-17-15-23-19(21-17)22(18-11-7-4-8-12-18)14-16-9-5-3-6-10-16/h3-12,15,20H,2,13-14H2,1H3. The lowest BCUT2D eigenvalue weighted by molar-refractivity contribution is 0.713. The number of para-hydroxylation sites is 1. The van der Waals surface area contributed by atoms with Gasteiger partial charge in [-0.2, -0.15) is 0 Å². The summed E-state index contributed by atoms with van der Waals surface area (Å²) in [6, 6.07) is 21.0. The number of aromatic nitrogens is 1. The Labute approximate surface area is 141 Å². The van der Waals surface area contributed by atoms with Crippen molar-refractivity contribution < 1.29 is 0 Å². The van der Waals surface area contributed by atoms with Gasteiger partial charge in [-0.1, -0.05) is 55.5 Å². The summed E-state index contributed by atoms with van der Waals surface area (Å²) in [5.41, 5.74) is 3.54. The largest absolute Gasteiger partial charge is 0.313 e. The highest BCUT2D eigenvalue weighted by atomic mass is 32.1. The highest BCUT2D eigenvalue weighted by Crippen LogP contribution is 2.30. The van der Waals surface area contributed by atoms with Crippen molar-refractivity contribution in [1.82, 2.24) is 10.3 Å². The minimum Gasteiger partial charge on any atom is -0.313 e. The van der Waals surface area contributed by atoms with Gasteiger partial charge in [0.2, 0.25) is 0 Å². The maximum absolute atomic E-state index is 4.80. The van der Waals surface area contributed by atoms with Gasteiger partial charge in [0.1, 0.15) is 0 Å². The minimum atomic E-state index is 0.818. The van der Waals surface area contributed by atoms with Crippen LogP contribution in [0.2, 0.25) is 0 Å². The van der Waals surface area contributed by atoms with Crippen LogP contribution in [-0.2, 0) is 13.1 Å². The normalized spacial score (nSPS) is 10.7. The maximum atomic E-state index is 4.80. The topological polar surface area (TPSA) is 28.2 Å². The van der Waals surface area contributed by atoms with Gasteiger partial charge in [-0.15, -0.1) is 11.3 Å². The molecular weight excluding hydrogens is 302 g/mol. The SMILES string of the molecule is CCNCc1csc(N(Cc2ccccc2)c2ccccc2)n1. The Morgan fingerprint density at radius 1 is 1.00 bits per heavy atom. The van der Waals surface area contributed by atoms with E-state index in [0.717, 1.165) is 30.5 Å². The number of rotatable bonds is 7. The Kier molecular flexibility index (Phi) is 5.40. The lowest BCUT2D eigenvalue weighted by Crippen LogP contribution is -2.17. The van der Waals surface area contributed by atoms with E-state index in [2.05, 4.69) is 71.1 Å². The lowest BCUT2D eigenvalue weighted by Gasteiger charge is -2.22. The fourth-order valence-electron chi connectivity index (χ4n) is 2.40. The Morgan fingerprint density at radius 2 is 1.70 bits per heavy atom. The molecule has 118 valence electrons. The molecule has 2 aromatic carbocycles. The second kappa shape index (κ2) is 7.90. The minimum absolute atomic E-state index is 0.818. The Hall–Kier alpha value is -2.17. The molecule has 0 bridgehead atoms. The lowest BCUT2D eigenvalue weighted by atomic mass is 10.2. The molecule has 0 aliphatic carbocycles. The molecule has 0 unspecified atom stereocenters. The van der Waals surface area contributed by atoms with E-state index in [1.54, 1.807) is 11.3 Å². The molecule has 0 atom stereocenters. The molecule has 0 saturated carbocycles. The summed E-state index contributed by atoms with van der Waals surface area (Å²) in [6.07, 6.45) is 0. The molecular formula is C19H21N3S. The summed E-state index contributed by atoms with van der Waals surface area (Å²) in [5, 5.41) is 6.50. The first-order valence-electron chi connectivity index (χ1n) is 7.88. The Bertz CT molecular complexity index is 710. The van der Waals surface area contributed by atoms with Gasteiger partial charge >= 0.3 is 0 Å². The van der Waals surface area contributed by atoms with Crippen LogP contribution < -0.4 is 10.2 Å². The van der Waals surface area contributed by atoms with Crippen LogP contribution in [0.1, 0.15) is 18.2 Å². The van der Waals surface area contributed by atoms with Crippen LogP contribution in [0.15, 0.2) is 66.0 Å². The fourth-order valence-corrected chi connectivity index (χ4v) is 3.24. The molecule has 1 heterocycles. The number of benzene rings is 2. The zero-order valence-corrected chi connectivity index (χ0v) is 14.1. The number of nitrogens with zero attached hydrogens (tertiary/aromatic N) is 2. The molecule has 0 radical (unpaired) electrons. The highest BCUT2D eigenvalue weighted by Gasteiger charge is 2.14. The summed E-state index contributed by atoms with van der Waals surface area (Å²) < 4.78 is 0. The average Bonchev–Trinajstić information content (AvgIpc) is 3.08. The first-order chi connectivity index (χ1) is 11.4. The molecule has 3 rings (SSSR count). The zero-order valence-electron chi connectivity index (χ0n) is 13.3. The molecule has 0 fully saturated rings. The zero-order chi connectivity index (χ0) is 15.9. The highest BCUT2D eigenvalue weighted by molar-refractivity contribution is 7.13. The van der Waals surface area contributed by atoms with Crippen LogP contribution in [0.4, 0.5) is 10.8 Å². The number of nitrogens with one attached hydrogen (secondary N) is 1. The summed E-state index contributed by atoms with van der Waals surface area (Å²) in [6.45, 7) is 4.71. The molecule has 0 saturated heterocycles. The van der Waals surface area contributed by atoms with Crippen molar-refractivity contribution in [3.63, 3.8) is 0 Å². The predicted molar refractivity (Wildman–Crippen MR) is 98.2 cm³/mol. The molecule has 23 heavy (non-hydrogen) atoms. The molecule has 0 spiro atoms. The first kappa shape index (κ1) is 15.7. The quantitative estimate of drug-likeness (QED) is 0.689. The fraction of sp³-hybridized carbons (Fsp3) is 0.211. The van der Waals surface area contributed by atoms with Crippen molar-refractivity contribution in [3.8, 4) is 0 Å². The van der Waals surface area contributed by atoms with Gasteiger partial charge in [0.25, 0.3) is 0 Å². The molecule has 3 aromatic rings. The van der Waals surface area contributed by atoms with Gasteiger partial charge in [0, 0.05) is 17.6 Å². The first-order valence-corrected chi connectivity index (χ1v) is 8.76. The summed E-state index contributed by atoms with van der Waals surface area (Å²) in [4.78, 5) is 7.08. The van der Waals surface area contributed by atoms with E-state index in [1.165, 1.54) is 11.3 Å². The van der Waals surface area contributed by atoms with Crippen LogP contribution in [0.25, 0.3) is 0 Å². The van der Waals surface area contributed by atoms with Gasteiger partial charge in [-0.05, 0) is 24.2 Å². The van der Waals surface area contributed by atoms with E-state index in [-0.39, 0.29) is 0 Å². The van der Waals surface area contributed by atoms with E-state index in [4.69, 9.17) is 4.98 Å². The van der Waals surface area contributed by atoms with Crippen LogP contribution in [-0.4, -0.2) is 11.5 Å². The molecule has 4 heteroatoms. The molecule has 0 aliphatic rings. The number of hydrogen-bond donors (Lipinski definition) is 1. The molecule has 3 nitrogen and oxygen atoms in total. The van der Waals surface area contributed by atoms with Crippen LogP contribution >= 0.6 is 11.3 Å². The maximum Gasteiger partial charge on any atom is 0.190 e. The average molecular weight is 323 g/mol. The van der Waals surface area contributed by atoms with Crippen molar-refractivity contribution in [2.75, 3.05) is 11.4 Å². The monoisotopic (exact) mass is 323 g/mol. The van der Waals surface area contributed by atoms with E-state index in [9.17, 15) is 0 Å². The molecule has 0 amide bonds. The van der Waals surface area contributed by atoms with E-state index in [1.807, 2.05) is 12.1 Å². The van der Waals surface area contributed by atoms with Gasteiger partial charge in [-0.3, -0.25) is 0 Å². The number of hydrogen-bond acceptors (Lipinski definition) is 4. The third-order valence-electron chi connectivity index (χ3n) is 3.58. The third-order valence-corrected chi connectivity index (χ3v) is 4.49. The number of thiazole rings is 1. The smallest absolute Gasteiger partial charge is 0.190 e.